The SMILES string of the molecule is Cc1ccc(F)cc1C(=O)N(Cc1nc2ccccc2c(=O)[nH]1)C(C)C. The summed E-state index contributed by atoms with van der Waals surface area (Å²) in [5.41, 5.74) is 1.33. The third kappa shape index (κ3) is 3.49. The van der Waals surface area contributed by atoms with E-state index in [4.69, 9.17) is 0 Å². The van der Waals surface area contributed by atoms with E-state index >= 15 is 0 Å². The van der Waals surface area contributed by atoms with Gasteiger partial charge in [-0.3, -0.25) is 9.59 Å². The van der Waals surface area contributed by atoms with Crippen LogP contribution in [-0.4, -0.2) is 26.8 Å². The fraction of sp³-hybridized carbons (Fsp3) is 0.250. The van der Waals surface area contributed by atoms with E-state index < -0.39 is 5.82 Å². The Kier molecular flexibility index (Phi) is 4.84. The highest BCUT2D eigenvalue weighted by molar-refractivity contribution is 5.95. The molecule has 0 bridgehead atoms. The predicted octanol–water partition coefficient (Wildman–Crippen LogP) is 3.42. The van der Waals surface area contributed by atoms with Crippen LogP contribution >= 0.6 is 0 Å². The molecule has 0 fully saturated rings. The van der Waals surface area contributed by atoms with Crippen LogP contribution in [0.3, 0.4) is 0 Å². The monoisotopic (exact) mass is 353 g/mol. The lowest BCUT2D eigenvalue weighted by Gasteiger charge is -2.27. The zero-order chi connectivity index (χ0) is 18.8. The van der Waals surface area contributed by atoms with Crippen LogP contribution in [0.4, 0.5) is 4.39 Å². The summed E-state index contributed by atoms with van der Waals surface area (Å²) in [5.74, 6) is -0.363. The molecule has 0 radical (unpaired) electrons. The molecule has 0 aliphatic heterocycles. The van der Waals surface area contributed by atoms with Crippen molar-refractivity contribution in [3.63, 3.8) is 0 Å². The van der Waals surface area contributed by atoms with Crippen LogP contribution in [0.25, 0.3) is 10.9 Å². The minimum Gasteiger partial charge on any atom is -0.329 e. The summed E-state index contributed by atoms with van der Waals surface area (Å²) in [5, 5.41) is 0.500. The molecule has 5 nitrogen and oxygen atoms in total. The molecule has 0 unspecified atom stereocenters. The number of para-hydroxylation sites is 1. The maximum absolute atomic E-state index is 13.6. The van der Waals surface area contributed by atoms with Gasteiger partial charge in [-0.05, 0) is 50.6 Å². The van der Waals surface area contributed by atoms with E-state index in [0.717, 1.165) is 0 Å². The number of hydrogen-bond acceptors (Lipinski definition) is 3. The van der Waals surface area contributed by atoms with Gasteiger partial charge in [0, 0.05) is 11.6 Å². The lowest BCUT2D eigenvalue weighted by Crippen LogP contribution is -2.37. The van der Waals surface area contributed by atoms with E-state index in [1.165, 1.54) is 12.1 Å². The summed E-state index contributed by atoms with van der Waals surface area (Å²) >= 11 is 0. The lowest BCUT2D eigenvalue weighted by molar-refractivity contribution is 0.0683. The molecule has 0 saturated heterocycles. The molecule has 1 amide bonds. The van der Waals surface area contributed by atoms with Crippen LogP contribution in [-0.2, 0) is 6.54 Å². The van der Waals surface area contributed by atoms with Gasteiger partial charge in [0.2, 0.25) is 0 Å². The van der Waals surface area contributed by atoms with Gasteiger partial charge in [-0.15, -0.1) is 0 Å². The van der Waals surface area contributed by atoms with Crippen LogP contribution in [0.15, 0.2) is 47.3 Å². The molecule has 3 aromatic rings. The summed E-state index contributed by atoms with van der Waals surface area (Å²) in [6, 6.07) is 11.0. The number of nitrogens with one attached hydrogen (secondary N) is 1. The normalized spacial score (nSPS) is 11.1. The molecular formula is C20H20FN3O2. The average Bonchev–Trinajstić information content (AvgIpc) is 2.61. The maximum Gasteiger partial charge on any atom is 0.258 e. The zero-order valence-electron chi connectivity index (χ0n) is 14.9. The number of carbonyl (C=O) groups excluding carboxylic acids is 1. The Morgan fingerprint density at radius 2 is 1.96 bits per heavy atom. The Morgan fingerprint density at radius 3 is 2.69 bits per heavy atom. The Balaban J connectivity index is 1.98. The highest BCUT2D eigenvalue weighted by atomic mass is 19.1. The van der Waals surface area contributed by atoms with Gasteiger partial charge in [-0.1, -0.05) is 18.2 Å². The fourth-order valence-corrected chi connectivity index (χ4v) is 2.84. The van der Waals surface area contributed by atoms with Gasteiger partial charge in [0.05, 0.1) is 17.4 Å². The molecular weight excluding hydrogens is 333 g/mol. The van der Waals surface area contributed by atoms with E-state index in [9.17, 15) is 14.0 Å². The highest BCUT2D eigenvalue weighted by Gasteiger charge is 2.22. The second-order valence-corrected chi connectivity index (χ2v) is 6.52. The van der Waals surface area contributed by atoms with Crippen molar-refractivity contribution >= 4 is 16.8 Å². The number of fused-ring (bicyclic) bond motifs is 1. The molecule has 1 N–H and O–H groups in total. The number of aromatic nitrogens is 2. The van der Waals surface area contributed by atoms with E-state index in [1.807, 2.05) is 13.8 Å². The van der Waals surface area contributed by atoms with Crippen LogP contribution in [0, 0.1) is 12.7 Å². The number of halogens is 1. The van der Waals surface area contributed by atoms with Gasteiger partial charge in [-0.25, -0.2) is 9.37 Å². The second kappa shape index (κ2) is 7.07. The molecule has 1 heterocycles. The molecule has 0 aliphatic rings. The van der Waals surface area contributed by atoms with Gasteiger partial charge in [0.1, 0.15) is 11.6 Å². The van der Waals surface area contributed by atoms with Crippen molar-refractivity contribution in [3.05, 3.63) is 75.6 Å². The van der Waals surface area contributed by atoms with Crippen molar-refractivity contribution in [2.45, 2.75) is 33.4 Å². The molecule has 2 aromatic carbocycles. The van der Waals surface area contributed by atoms with Crippen LogP contribution in [0.2, 0.25) is 0 Å². The number of benzene rings is 2. The summed E-state index contributed by atoms with van der Waals surface area (Å²) in [7, 11) is 0. The predicted molar refractivity (Wildman–Crippen MR) is 98.5 cm³/mol. The number of nitrogens with zero attached hydrogens (tertiary/aromatic N) is 2. The number of H-pyrrole nitrogens is 1. The fourth-order valence-electron chi connectivity index (χ4n) is 2.84. The van der Waals surface area contributed by atoms with Gasteiger partial charge in [0.15, 0.2) is 0 Å². The van der Waals surface area contributed by atoms with Crippen LogP contribution < -0.4 is 5.56 Å². The first-order chi connectivity index (χ1) is 12.4. The van der Waals surface area contributed by atoms with Crippen molar-refractivity contribution in [1.82, 2.24) is 14.9 Å². The number of carbonyl (C=O) groups is 1. The van der Waals surface area contributed by atoms with E-state index in [-0.39, 0.29) is 24.1 Å². The summed E-state index contributed by atoms with van der Waals surface area (Å²) in [4.78, 5) is 33.9. The number of aryl methyl sites for hydroxylation is 1. The zero-order valence-corrected chi connectivity index (χ0v) is 14.9. The first kappa shape index (κ1) is 17.8. The number of amides is 1. The topological polar surface area (TPSA) is 66.1 Å². The van der Waals surface area contributed by atoms with E-state index in [2.05, 4.69) is 9.97 Å². The van der Waals surface area contributed by atoms with Crippen molar-refractivity contribution in [2.75, 3.05) is 0 Å². The Bertz CT molecular complexity index is 1030. The molecule has 26 heavy (non-hydrogen) atoms. The molecule has 3 rings (SSSR count). The molecule has 0 atom stereocenters. The molecule has 134 valence electrons. The number of rotatable bonds is 4. The van der Waals surface area contributed by atoms with E-state index in [1.54, 1.807) is 42.2 Å². The molecule has 6 heteroatoms. The highest BCUT2D eigenvalue weighted by Crippen LogP contribution is 2.17. The van der Waals surface area contributed by atoms with E-state index in [0.29, 0.717) is 27.9 Å². The van der Waals surface area contributed by atoms with Crippen molar-refractivity contribution in [2.24, 2.45) is 0 Å². The third-order valence-corrected chi connectivity index (χ3v) is 4.30. The second-order valence-electron chi connectivity index (χ2n) is 6.52. The summed E-state index contributed by atoms with van der Waals surface area (Å²) in [6.07, 6.45) is 0. The van der Waals surface area contributed by atoms with Crippen molar-refractivity contribution in [1.29, 1.82) is 0 Å². The first-order valence-corrected chi connectivity index (χ1v) is 8.42. The Morgan fingerprint density at radius 1 is 1.23 bits per heavy atom. The first-order valence-electron chi connectivity index (χ1n) is 8.42. The molecule has 0 saturated carbocycles. The summed E-state index contributed by atoms with van der Waals surface area (Å²) in [6.45, 7) is 5.63. The van der Waals surface area contributed by atoms with Gasteiger partial charge >= 0.3 is 0 Å². The number of aromatic amines is 1. The number of hydrogen-bond donors (Lipinski definition) is 1. The van der Waals surface area contributed by atoms with Gasteiger partial charge in [-0.2, -0.15) is 0 Å². The van der Waals surface area contributed by atoms with Crippen LogP contribution in [0.5, 0.6) is 0 Å². The minimum atomic E-state index is -0.458. The molecule has 1 aromatic heterocycles. The quantitative estimate of drug-likeness (QED) is 0.781. The Hall–Kier alpha value is -3.02. The summed E-state index contributed by atoms with van der Waals surface area (Å²) < 4.78 is 13.6. The minimum absolute atomic E-state index is 0.131. The van der Waals surface area contributed by atoms with Crippen molar-refractivity contribution in [3.8, 4) is 0 Å². The molecule has 0 spiro atoms. The average molecular weight is 353 g/mol. The smallest absolute Gasteiger partial charge is 0.258 e. The maximum atomic E-state index is 13.6. The lowest BCUT2D eigenvalue weighted by atomic mass is 10.1. The van der Waals surface area contributed by atoms with Gasteiger partial charge in [0.25, 0.3) is 11.5 Å². The largest absolute Gasteiger partial charge is 0.329 e. The molecule has 0 aliphatic carbocycles. The standard InChI is InChI=1S/C20H20FN3O2/c1-12(2)24(20(26)16-10-14(21)9-8-13(16)3)11-18-22-17-7-5-4-6-15(17)19(25)23-18/h4-10,12H,11H2,1-3H3,(H,22,23,25). The van der Waals surface area contributed by atoms with Crippen LogP contribution in [0.1, 0.15) is 35.6 Å². The third-order valence-electron chi connectivity index (χ3n) is 4.30. The van der Waals surface area contributed by atoms with Gasteiger partial charge < -0.3 is 9.88 Å². The van der Waals surface area contributed by atoms with Crippen molar-refractivity contribution < 1.29 is 9.18 Å². The Labute approximate surface area is 150 Å².